The number of ether oxygens (including phenoxy) is 2. The monoisotopic (exact) mass is 458 g/mol. The van der Waals surface area contributed by atoms with E-state index in [1.165, 1.54) is 6.42 Å². The minimum absolute atomic E-state index is 0.169. The molecule has 0 spiro atoms. The van der Waals surface area contributed by atoms with Crippen LogP contribution in [0.15, 0.2) is 42.5 Å². The van der Waals surface area contributed by atoms with Crippen molar-refractivity contribution in [1.82, 2.24) is 0 Å². The summed E-state index contributed by atoms with van der Waals surface area (Å²) in [4.78, 5) is 27.6. The maximum atomic E-state index is 13.9. The molecule has 0 amide bonds. The van der Waals surface area contributed by atoms with Gasteiger partial charge in [0.25, 0.3) is 0 Å². The predicted molar refractivity (Wildman–Crippen MR) is 133 cm³/mol. The van der Waals surface area contributed by atoms with Crippen molar-refractivity contribution in [3.63, 3.8) is 0 Å². The summed E-state index contributed by atoms with van der Waals surface area (Å²) in [6, 6.07) is 9.02. The highest BCUT2D eigenvalue weighted by molar-refractivity contribution is 6.30. The molecule has 2 aromatic carbocycles. The number of carbonyl (C=O) groups is 2. The summed E-state index contributed by atoms with van der Waals surface area (Å²) in [6.07, 6.45) is 7.85. The van der Waals surface area contributed by atoms with Gasteiger partial charge in [-0.25, -0.2) is 0 Å². The Morgan fingerprint density at radius 3 is 1.97 bits per heavy atom. The maximum absolute atomic E-state index is 13.9. The molecule has 2 bridgehead atoms. The van der Waals surface area contributed by atoms with Crippen molar-refractivity contribution in [2.45, 2.75) is 72.0 Å². The van der Waals surface area contributed by atoms with Crippen molar-refractivity contribution in [3.05, 3.63) is 70.3 Å². The van der Waals surface area contributed by atoms with Gasteiger partial charge in [0.15, 0.2) is 11.6 Å². The second-order valence-corrected chi connectivity index (χ2v) is 12.0. The Labute approximate surface area is 202 Å². The summed E-state index contributed by atoms with van der Waals surface area (Å²) in [5.74, 6) is 2.39. The molecule has 178 valence electrons. The van der Waals surface area contributed by atoms with Gasteiger partial charge in [-0.15, -0.1) is 0 Å². The third-order valence-electron chi connectivity index (χ3n) is 6.91. The summed E-state index contributed by atoms with van der Waals surface area (Å²) >= 11 is 0. The average molecular weight is 459 g/mol. The number of hydrogen-bond acceptors (Lipinski definition) is 4. The molecule has 4 heteroatoms. The van der Waals surface area contributed by atoms with Crippen molar-refractivity contribution in [1.29, 1.82) is 0 Å². The molecule has 0 heterocycles. The number of hydrogen-bond donors (Lipinski definition) is 0. The quantitative estimate of drug-likeness (QED) is 0.415. The average Bonchev–Trinajstić information content (AvgIpc) is 3.35. The summed E-state index contributed by atoms with van der Waals surface area (Å²) in [6.45, 7) is 11.8. The minimum Gasteiger partial charge on any atom is -0.487 e. The van der Waals surface area contributed by atoms with E-state index in [2.05, 4.69) is 12.2 Å². The third kappa shape index (κ3) is 4.08. The Hall–Kier alpha value is -2.88. The highest BCUT2D eigenvalue weighted by atomic mass is 16.5. The van der Waals surface area contributed by atoms with E-state index in [9.17, 15) is 9.59 Å². The second-order valence-electron chi connectivity index (χ2n) is 12.0. The smallest absolute Gasteiger partial charge is 0.198 e. The van der Waals surface area contributed by atoms with Crippen LogP contribution in [0.5, 0.6) is 11.5 Å². The summed E-state index contributed by atoms with van der Waals surface area (Å²) in [7, 11) is 0. The normalized spacial score (nSPS) is 23.2. The first-order valence-corrected chi connectivity index (χ1v) is 12.4. The number of allylic oxidation sites excluding steroid dienone is 2. The van der Waals surface area contributed by atoms with Gasteiger partial charge in [0, 0.05) is 11.1 Å². The molecule has 2 aromatic rings. The van der Waals surface area contributed by atoms with Crippen molar-refractivity contribution in [2.24, 2.45) is 17.8 Å². The van der Waals surface area contributed by atoms with Gasteiger partial charge in [-0.1, -0.05) is 36.4 Å². The van der Waals surface area contributed by atoms with Crippen LogP contribution in [-0.2, 0) is 6.42 Å². The lowest BCUT2D eigenvalue weighted by Crippen LogP contribution is -2.31. The van der Waals surface area contributed by atoms with Crippen molar-refractivity contribution in [2.75, 3.05) is 0 Å². The summed E-state index contributed by atoms with van der Waals surface area (Å²) < 4.78 is 12.8. The molecule has 3 unspecified atom stereocenters. The van der Waals surface area contributed by atoms with Gasteiger partial charge < -0.3 is 9.47 Å². The van der Waals surface area contributed by atoms with Gasteiger partial charge in [-0.3, -0.25) is 9.59 Å². The van der Waals surface area contributed by atoms with Gasteiger partial charge in [-0.2, -0.15) is 0 Å². The molecule has 0 radical (unpaired) electrons. The van der Waals surface area contributed by atoms with Crippen LogP contribution in [0.25, 0.3) is 0 Å². The van der Waals surface area contributed by atoms with E-state index in [-0.39, 0.29) is 11.6 Å². The Kier molecular flexibility index (Phi) is 5.27. The number of rotatable bonds is 4. The van der Waals surface area contributed by atoms with Gasteiger partial charge in [0.05, 0.1) is 11.1 Å². The van der Waals surface area contributed by atoms with Gasteiger partial charge >= 0.3 is 0 Å². The van der Waals surface area contributed by atoms with E-state index in [0.29, 0.717) is 51.5 Å². The largest absolute Gasteiger partial charge is 0.487 e. The molecule has 3 atom stereocenters. The van der Waals surface area contributed by atoms with Crippen LogP contribution < -0.4 is 9.47 Å². The van der Waals surface area contributed by atoms with E-state index in [0.717, 1.165) is 18.4 Å². The summed E-state index contributed by atoms with van der Waals surface area (Å²) in [5, 5.41) is 0. The zero-order chi connectivity index (χ0) is 24.4. The van der Waals surface area contributed by atoms with Crippen LogP contribution in [0.3, 0.4) is 0 Å². The van der Waals surface area contributed by atoms with Crippen LogP contribution in [-0.4, -0.2) is 22.8 Å². The molecular weight excluding hydrogens is 424 g/mol. The first kappa shape index (κ1) is 22.9. The molecule has 0 aliphatic heterocycles. The van der Waals surface area contributed by atoms with Crippen molar-refractivity contribution in [3.8, 4) is 11.5 Å². The molecule has 5 rings (SSSR count). The topological polar surface area (TPSA) is 52.6 Å². The molecule has 3 aliphatic rings. The van der Waals surface area contributed by atoms with Crippen LogP contribution in [0, 0.1) is 17.8 Å². The zero-order valence-corrected chi connectivity index (χ0v) is 21.0. The fraction of sp³-hybridized carbons (Fsp3) is 0.467. The predicted octanol–water partition coefficient (Wildman–Crippen LogP) is 6.57. The number of carbonyl (C=O) groups excluding carboxylic acids is 2. The lowest BCUT2D eigenvalue weighted by atomic mass is 9.80. The maximum Gasteiger partial charge on any atom is 0.198 e. The molecule has 0 N–H and O–H groups in total. The molecule has 0 aromatic heterocycles. The standard InChI is InChI=1S/C30H34O4/c1-29(2,3)33-23-16-20(15-19-14-17-11-12-18(19)13-17)28(34-30(4,5)6)25-24(23)26(31)21-9-7-8-10-22(21)27(25)32/h7-12,16-19H,13-15H2,1-6H3. The zero-order valence-electron chi connectivity index (χ0n) is 21.0. The molecule has 34 heavy (non-hydrogen) atoms. The Bertz CT molecular complexity index is 1210. The Morgan fingerprint density at radius 2 is 1.44 bits per heavy atom. The third-order valence-corrected chi connectivity index (χ3v) is 6.91. The Morgan fingerprint density at radius 1 is 0.824 bits per heavy atom. The molecular formula is C30H34O4. The van der Waals surface area contributed by atoms with Crippen LogP contribution in [0.1, 0.15) is 91.8 Å². The molecule has 0 saturated heterocycles. The first-order chi connectivity index (χ1) is 15.9. The van der Waals surface area contributed by atoms with Crippen LogP contribution in [0.4, 0.5) is 0 Å². The SMILES string of the molecule is CC(C)(C)Oc1cc(CC2CC3C=CC2C3)c(OC(C)(C)C)c2c1C(=O)c1ccccc1C2=O. The molecule has 1 saturated carbocycles. The first-order valence-electron chi connectivity index (χ1n) is 12.4. The molecule has 1 fully saturated rings. The lowest BCUT2D eigenvalue weighted by molar-refractivity contribution is 0.0932. The molecule has 3 aliphatic carbocycles. The van der Waals surface area contributed by atoms with E-state index in [1.54, 1.807) is 24.3 Å². The van der Waals surface area contributed by atoms with Gasteiger partial charge in [0.2, 0.25) is 0 Å². The van der Waals surface area contributed by atoms with Crippen molar-refractivity contribution >= 4 is 11.6 Å². The van der Waals surface area contributed by atoms with Gasteiger partial charge in [0.1, 0.15) is 22.7 Å². The van der Waals surface area contributed by atoms with Crippen molar-refractivity contribution < 1.29 is 19.1 Å². The van der Waals surface area contributed by atoms with E-state index < -0.39 is 11.2 Å². The van der Waals surface area contributed by atoms with Crippen LogP contribution >= 0.6 is 0 Å². The lowest BCUT2D eigenvalue weighted by Gasteiger charge is -2.32. The number of benzene rings is 2. The highest BCUT2D eigenvalue weighted by Gasteiger charge is 2.41. The molecule has 4 nitrogen and oxygen atoms in total. The number of fused-ring (bicyclic) bond motifs is 4. The highest BCUT2D eigenvalue weighted by Crippen LogP contribution is 2.48. The minimum atomic E-state index is -0.524. The second kappa shape index (κ2) is 7.83. The Balaban J connectivity index is 1.73. The van der Waals surface area contributed by atoms with Gasteiger partial charge in [-0.05, 0) is 90.2 Å². The van der Waals surface area contributed by atoms with Crippen LogP contribution in [0.2, 0.25) is 0 Å². The van der Waals surface area contributed by atoms with E-state index in [4.69, 9.17) is 9.47 Å². The number of ketones is 2. The summed E-state index contributed by atoms with van der Waals surface area (Å²) in [5.41, 5.74) is 1.45. The van der Waals surface area contributed by atoms with E-state index in [1.807, 2.05) is 47.6 Å². The van der Waals surface area contributed by atoms with E-state index >= 15 is 0 Å². The fourth-order valence-electron chi connectivity index (χ4n) is 5.68. The fourth-order valence-corrected chi connectivity index (χ4v) is 5.68.